The van der Waals surface area contributed by atoms with Crippen molar-refractivity contribution in [3.8, 4) is 0 Å². The molecular formula is C30H34Cl2N6O4. The molecule has 42 heavy (non-hydrogen) atoms. The number of nitrogens with one attached hydrogen (secondary N) is 6. The minimum atomic E-state index is -0.632. The molecule has 2 aromatic carbocycles. The number of rotatable bonds is 17. The number of amides is 2. The molecule has 0 atom stereocenters. The quantitative estimate of drug-likeness (QED) is 0.0603. The first-order valence-corrected chi connectivity index (χ1v) is 14.7. The summed E-state index contributed by atoms with van der Waals surface area (Å²) >= 11 is 12.2. The van der Waals surface area contributed by atoms with Crippen LogP contribution in [0.25, 0.3) is 21.8 Å². The van der Waals surface area contributed by atoms with Gasteiger partial charge in [0.15, 0.2) is 0 Å². The maximum atomic E-state index is 12.5. The second-order valence-corrected chi connectivity index (χ2v) is 10.6. The van der Waals surface area contributed by atoms with E-state index in [0.29, 0.717) is 68.9 Å². The lowest BCUT2D eigenvalue weighted by molar-refractivity contribution is -0.117. The first-order chi connectivity index (χ1) is 20.4. The van der Waals surface area contributed by atoms with Crippen LogP contribution < -0.4 is 21.3 Å². The highest BCUT2D eigenvalue weighted by Gasteiger charge is 2.21. The van der Waals surface area contributed by atoms with E-state index in [9.17, 15) is 19.2 Å². The minimum absolute atomic E-state index is 0.309. The van der Waals surface area contributed by atoms with E-state index in [2.05, 4.69) is 31.2 Å². The molecule has 4 rings (SSSR count). The summed E-state index contributed by atoms with van der Waals surface area (Å²) in [6.45, 7) is 3.97. The van der Waals surface area contributed by atoms with Gasteiger partial charge < -0.3 is 31.2 Å². The average molecular weight is 614 g/mol. The van der Waals surface area contributed by atoms with E-state index in [4.69, 9.17) is 23.2 Å². The molecule has 0 aliphatic heterocycles. The maximum Gasteiger partial charge on any atom is 0.292 e. The van der Waals surface area contributed by atoms with Crippen molar-refractivity contribution in [2.24, 2.45) is 0 Å². The molecule has 2 amide bonds. The normalized spacial score (nSPS) is 11.2. The third-order valence-corrected chi connectivity index (χ3v) is 7.45. The third kappa shape index (κ3) is 7.98. The smallest absolute Gasteiger partial charge is 0.292 e. The van der Waals surface area contributed by atoms with E-state index >= 15 is 0 Å². The van der Waals surface area contributed by atoms with Gasteiger partial charge in [0.05, 0.1) is 32.2 Å². The summed E-state index contributed by atoms with van der Waals surface area (Å²) in [5, 5.41) is 14.3. The van der Waals surface area contributed by atoms with Crippen molar-refractivity contribution in [1.82, 2.24) is 31.2 Å². The highest BCUT2D eigenvalue weighted by Crippen LogP contribution is 2.26. The minimum Gasteiger partial charge on any atom is -0.359 e. The number of hydrogen-bond acceptors (Lipinski definition) is 6. The molecule has 0 aliphatic rings. The van der Waals surface area contributed by atoms with E-state index < -0.39 is 23.4 Å². The predicted molar refractivity (Wildman–Crippen MR) is 166 cm³/mol. The van der Waals surface area contributed by atoms with Gasteiger partial charge in [0, 0.05) is 36.3 Å². The number of fused-ring (bicyclic) bond motifs is 2. The van der Waals surface area contributed by atoms with Crippen molar-refractivity contribution in [2.75, 3.05) is 39.3 Å². The zero-order valence-corrected chi connectivity index (χ0v) is 24.6. The zero-order chi connectivity index (χ0) is 29.9. The van der Waals surface area contributed by atoms with Crippen molar-refractivity contribution >= 4 is 68.4 Å². The third-order valence-electron chi connectivity index (χ3n) is 6.82. The van der Waals surface area contributed by atoms with Gasteiger partial charge in [-0.15, -0.1) is 0 Å². The number of H-pyrrole nitrogens is 2. The van der Waals surface area contributed by atoms with Crippen LogP contribution in [-0.2, 0) is 9.59 Å². The van der Waals surface area contributed by atoms with Crippen molar-refractivity contribution in [3.63, 3.8) is 0 Å². The Kier molecular flexibility index (Phi) is 11.5. The lowest BCUT2D eigenvalue weighted by Crippen LogP contribution is -2.33. The maximum absolute atomic E-state index is 12.5. The Bertz CT molecular complexity index is 1450. The Hall–Kier alpha value is -3.70. The molecule has 0 bridgehead atoms. The fraction of sp³-hybridized carbons (Fsp3) is 0.333. The van der Waals surface area contributed by atoms with E-state index in [1.807, 2.05) is 0 Å². The molecule has 2 aromatic heterocycles. The number of unbranched alkanes of at least 4 members (excludes halogenated alkanes) is 1. The van der Waals surface area contributed by atoms with Crippen LogP contribution in [0.3, 0.4) is 0 Å². The number of aromatic amines is 2. The molecule has 10 nitrogen and oxygen atoms in total. The van der Waals surface area contributed by atoms with E-state index in [0.717, 1.165) is 39.0 Å². The van der Waals surface area contributed by atoms with Crippen LogP contribution in [0.5, 0.6) is 0 Å². The summed E-state index contributed by atoms with van der Waals surface area (Å²) in [5.74, 6) is -2.44. The number of aromatic nitrogens is 2. The molecule has 4 aromatic rings. The Morgan fingerprint density at radius 1 is 0.571 bits per heavy atom. The number of para-hydroxylation sites is 2. The molecule has 0 spiro atoms. The van der Waals surface area contributed by atoms with Crippen molar-refractivity contribution < 1.29 is 19.2 Å². The molecule has 0 radical (unpaired) electrons. The second-order valence-electron chi connectivity index (χ2n) is 9.81. The molecule has 0 saturated carbocycles. The second kappa shape index (κ2) is 15.5. The molecule has 6 N–H and O–H groups in total. The first kappa shape index (κ1) is 31.2. The van der Waals surface area contributed by atoms with Gasteiger partial charge in [-0.05, 0) is 64.0 Å². The number of Topliss-reactive ketones (excluding diaryl/α,β-unsaturated/α-hetero) is 2. The zero-order valence-electron chi connectivity index (χ0n) is 23.1. The van der Waals surface area contributed by atoms with Crippen molar-refractivity contribution in [2.45, 2.75) is 25.7 Å². The molecule has 12 heteroatoms. The fourth-order valence-corrected chi connectivity index (χ4v) is 5.05. The molecule has 2 heterocycles. The first-order valence-electron chi connectivity index (χ1n) is 14.0. The van der Waals surface area contributed by atoms with Crippen LogP contribution in [0.4, 0.5) is 0 Å². The van der Waals surface area contributed by atoms with Crippen LogP contribution >= 0.6 is 23.2 Å². The summed E-state index contributed by atoms with van der Waals surface area (Å²) in [7, 11) is 0. The number of halogens is 2. The predicted octanol–water partition coefficient (Wildman–Crippen LogP) is 3.99. The van der Waals surface area contributed by atoms with Gasteiger partial charge in [-0.1, -0.05) is 47.5 Å². The Balaban J connectivity index is 0.976. The van der Waals surface area contributed by atoms with Gasteiger partial charge in [0.2, 0.25) is 0 Å². The average Bonchev–Trinajstić information content (AvgIpc) is 3.62. The van der Waals surface area contributed by atoms with E-state index in [1.54, 1.807) is 36.4 Å². The van der Waals surface area contributed by atoms with Gasteiger partial charge in [-0.25, -0.2) is 0 Å². The molecule has 0 saturated heterocycles. The largest absolute Gasteiger partial charge is 0.359 e. The highest BCUT2D eigenvalue weighted by molar-refractivity contribution is 6.46. The lowest BCUT2D eigenvalue weighted by atomic mass is 10.1. The van der Waals surface area contributed by atoms with Crippen LogP contribution in [-0.4, -0.2) is 72.6 Å². The van der Waals surface area contributed by atoms with Gasteiger partial charge >= 0.3 is 0 Å². The molecule has 0 fully saturated rings. The summed E-state index contributed by atoms with van der Waals surface area (Å²) in [5.41, 5.74) is 1.90. The summed E-state index contributed by atoms with van der Waals surface area (Å²) < 4.78 is 0. The van der Waals surface area contributed by atoms with Gasteiger partial charge in [0.1, 0.15) is 0 Å². The van der Waals surface area contributed by atoms with Crippen molar-refractivity contribution in [1.29, 1.82) is 0 Å². The number of hydrogen-bond donors (Lipinski definition) is 6. The SMILES string of the molecule is O=C(NCCCNCCCCNCCCNC(=O)C(=O)c1c[nH]c2c(Cl)cccc12)C(=O)c1c[nH]c2c(Cl)cccc12. The monoisotopic (exact) mass is 612 g/mol. The molecule has 0 unspecified atom stereocenters. The van der Waals surface area contributed by atoms with Crippen LogP contribution in [0, 0.1) is 0 Å². The standard InChI is InChI=1S/C30H34Cl2N6O4/c31-23-9-3-7-19-21(17-37-25(19)23)27(39)29(41)35-15-5-13-33-11-1-2-12-34-14-6-16-36-30(42)28(40)22-18-38-26-20(22)8-4-10-24(26)32/h3-4,7-10,17-18,33-34,37-38H,1-2,5-6,11-16H2,(H,35,41)(H,36,42). The number of benzene rings is 2. The molecule has 0 aliphatic carbocycles. The lowest BCUT2D eigenvalue weighted by Gasteiger charge is -2.08. The molecular weight excluding hydrogens is 579 g/mol. The van der Waals surface area contributed by atoms with Gasteiger partial charge in [0.25, 0.3) is 23.4 Å². The van der Waals surface area contributed by atoms with Crippen molar-refractivity contribution in [3.05, 3.63) is 70.0 Å². The Morgan fingerprint density at radius 2 is 0.976 bits per heavy atom. The topological polar surface area (TPSA) is 148 Å². The fourth-order valence-electron chi connectivity index (χ4n) is 4.60. The van der Waals surface area contributed by atoms with E-state index in [-0.39, 0.29) is 0 Å². The van der Waals surface area contributed by atoms with Gasteiger partial charge in [-0.3, -0.25) is 19.2 Å². The summed E-state index contributed by atoms with van der Waals surface area (Å²) in [6.07, 6.45) is 6.42. The van der Waals surface area contributed by atoms with Crippen LogP contribution in [0.15, 0.2) is 48.8 Å². The van der Waals surface area contributed by atoms with Gasteiger partial charge in [-0.2, -0.15) is 0 Å². The number of carbonyl (C=O) groups is 4. The Morgan fingerprint density at radius 3 is 1.40 bits per heavy atom. The number of ketones is 2. The van der Waals surface area contributed by atoms with Crippen LogP contribution in [0.1, 0.15) is 46.4 Å². The number of carbonyl (C=O) groups excluding carboxylic acids is 4. The van der Waals surface area contributed by atoms with Crippen LogP contribution in [0.2, 0.25) is 10.0 Å². The molecule has 222 valence electrons. The highest BCUT2D eigenvalue weighted by atomic mass is 35.5. The summed E-state index contributed by atoms with van der Waals surface area (Å²) in [4.78, 5) is 55.4. The van der Waals surface area contributed by atoms with E-state index in [1.165, 1.54) is 12.4 Å². The Labute approximate surface area is 253 Å². The summed E-state index contributed by atoms with van der Waals surface area (Å²) in [6, 6.07) is 10.4.